The van der Waals surface area contributed by atoms with Gasteiger partial charge in [-0.3, -0.25) is 4.79 Å². The smallest absolute Gasteiger partial charge is 0.194 e. The average Bonchev–Trinajstić information content (AvgIpc) is 2.71. The van der Waals surface area contributed by atoms with Gasteiger partial charge in [-0.2, -0.15) is 0 Å². The number of hydrogen-bond acceptors (Lipinski definition) is 5. The molecule has 0 saturated carbocycles. The predicted molar refractivity (Wildman–Crippen MR) is 127 cm³/mol. The molecular formula is C24H34O3S2. The highest BCUT2D eigenvalue weighted by atomic mass is 32.2. The highest BCUT2D eigenvalue weighted by Crippen LogP contribution is 2.27. The number of carbonyl (C=O) groups excluding carboxylic acids is 1. The summed E-state index contributed by atoms with van der Waals surface area (Å²) in [6.45, 7) is 6.86. The average molecular weight is 435 g/mol. The Hall–Kier alpha value is -1.33. The third kappa shape index (κ3) is 8.51. The van der Waals surface area contributed by atoms with Crippen LogP contribution in [0.3, 0.4) is 0 Å². The summed E-state index contributed by atoms with van der Waals surface area (Å²) >= 11 is 6.72. The van der Waals surface area contributed by atoms with Gasteiger partial charge < -0.3 is 9.15 Å². The number of thioether (sulfide) groups is 1. The summed E-state index contributed by atoms with van der Waals surface area (Å²) in [7, 11) is 0. The van der Waals surface area contributed by atoms with Gasteiger partial charge in [-0.05, 0) is 50.5 Å². The van der Waals surface area contributed by atoms with Crippen molar-refractivity contribution in [1.29, 1.82) is 0 Å². The van der Waals surface area contributed by atoms with E-state index in [0.717, 1.165) is 41.7 Å². The number of fused-ring (bicyclic) bond motifs is 1. The monoisotopic (exact) mass is 434 g/mol. The Labute approximate surface area is 184 Å². The largest absolute Gasteiger partial charge is 0.493 e. The van der Waals surface area contributed by atoms with Crippen molar-refractivity contribution in [2.45, 2.75) is 72.1 Å². The minimum atomic E-state index is 0.201. The summed E-state index contributed by atoms with van der Waals surface area (Å²) in [5.41, 5.74) is 1.96. The van der Waals surface area contributed by atoms with Gasteiger partial charge in [-0.15, -0.1) is 0 Å². The van der Waals surface area contributed by atoms with E-state index in [1.165, 1.54) is 49.4 Å². The van der Waals surface area contributed by atoms with E-state index in [0.29, 0.717) is 16.4 Å². The molecule has 0 radical (unpaired) electrons. The Kier molecular flexibility index (Phi) is 10.8. The van der Waals surface area contributed by atoms with E-state index in [2.05, 4.69) is 19.9 Å². The van der Waals surface area contributed by atoms with Crippen molar-refractivity contribution in [2.24, 2.45) is 5.92 Å². The summed E-state index contributed by atoms with van der Waals surface area (Å²) in [5, 5.41) is 1.34. The number of benzene rings is 1. The molecule has 1 aromatic heterocycles. The molecule has 0 saturated heterocycles. The molecule has 1 unspecified atom stereocenters. The molecule has 0 spiro atoms. The van der Waals surface area contributed by atoms with E-state index in [9.17, 15) is 4.79 Å². The molecule has 3 nitrogen and oxygen atoms in total. The molecule has 5 heteroatoms. The van der Waals surface area contributed by atoms with E-state index in [1.807, 2.05) is 19.1 Å². The molecule has 0 bridgehead atoms. The number of carbonyl (C=O) groups is 1. The zero-order valence-corrected chi connectivity index (χ0v) is 19.6. The summed E-state index contributed by atoms with van der Waals surface area (Å²) in [4.78, 5) is 11.8. The van der Waals surface area contributed by atoms with Crippen molar-refractivity contribution in [3.63, 3.8) is 0 Å². The molecule has 0 amide bonds. The van der Waals surface area contributed by atoms with Gasteiger partial charge in [-0.25, -0.2) is 0 Å². The standard InChI is InChI=1S/C24H34O3S2/c1-4-19(3)24(25)29-15-11-9-7-5-6-8-10-14-26-22-17-23(28)27-21-13-12-18(2)16-20(21)22/h12-13,16-17,19H,4-11,14-15H2,1-3H3. The molecular weight excluding hydrogens is 400 g/mol. The van der Waals surface area contributed by atoms with Gasteiger partial charge in [0.15, 0.2) is 9.82 Å². The first kappa shape index (κ1) is 23.9. The van der Waals surface area contributed by atoms with Gasteiger partial charge in [0.1, 0.15) is 11.3 Å². The quantitative estimate of drug-likeness (QED) is 0.237. The van der Waals surface area contributed by atoms with Crippen molar-refractivity contribution in [2.75, 3.05) is 12.4 Å². The Morgan fingerprint density at radius 2 is 1.79 bits per heavy atom. The molecule has 0 aliphatic carbocycles. The minimum absolute atomic E-state index is 0.201. The van der Waals surface area contributed by atoms with E-state index >= 15 is 0 Å². The van der Waals surface area contributed by atoms with Crippen LogP contribution >= 0.6 is 24.0 Å². The van der Waals surface area contributed by atoms with Gasteiger partial charge in [0, 0.05) is 17.7 Å². The Morgan fingerprint density at radius 3 is 2.52 bits per heavy atom. The van der Waals surface area contributed by atoms with Crippen LogP contribution in [-0.4, -0.2) is 17.5 Å². The lowest BCUT2D eigenvalue weighted by atomic mass is 10.1. The third-order valence-electron chi connectivity index (χ3n) is 5.17. The van der Waals surface area contributed by atoms with Crippen LogP contribution in [0, 0.1) is 17.5 Å². The van der Waals surface area contributed by atoms with Gasteiger partial charge in [-0.1, -0.05) is 69.3 Å². The van der Waals surface area contributed by atoms with E-state index < -0.39 is 0 Å². The van der Waals surface area contributed by atoms with Crippen LogP contribution in [0.1, 0.15) is 70.8 Å². The fourth-order valence-electron chi connectivity index (χ4n) is 3.12. The fourth-order valence-corrected chi connectivity index (χ4v) is 4.32. The molecule has 29 heavy (non-hydrogen) atoms. The molecule has 1 aromatic carbocycles. The lowest BCUT2D eigenvalue weighted by Gasteiger charge is -2.09. The summed E-state index contributed by atoms with van der Waals surface area (Å²) < 4.78 is 12.1. The topological polar surface area (TPSA) is 39.4 Å². The van der Waals surface area contributed by atoms with Crippen LogP contribution in [0.5, 0.6) is 5.75 Å². The van der Waals surface area contributed by atoms with E-state index in [-0.39, 0.29) is 5.92 Å². The van der Waals surface area contributed by atoms with Crippen molar-refractivity contribution in [1.82, 2.24) is 0 Å². The molecule has 1 atom stereocenters. The Morgan fingerprint density at radius 1 is 1.10 bits per heavy atom. The maximum absolute atomic E-state index is 11.8. The lowest BCUT2D eigenvalue weighted by molar-refractivity contribution is -0.113. The SMILES string of the molecule is CCC(C)C(=O)SCCCCCCCCCOc1cc(=S)oc2ccc(C)cc12. The van der Waals surface area contributed by atoms with Crippen LogP contribution in [0.4, 0.5) is 0 Å². The second kappa shape index (κ2) is 13.1. The number of aryl methyl sites for hydroxylation is 1. The summed E-state index contributed by atoms with van der Waals surface area (Å²) in [6.07, 6.45) is 9.27. The van der Waals surface area contributed by atoms with Crippen LogP contribution < -0.4 is 4.74 Å². The summed E-state index contributed by atoms with van der Waals surface area (Å²) in [6, 6.07) is 7.86. The Balaban J connectivity index is 1.56. The molecule has 2 aromatic rings. The molecule has 0 fully saturated rings. The van der Waals surface area contributed by atoms with Gasteiger partial charge in [0.25, 0.3) is 0 Å². The van der Waals surface area contributed by atoms with Crippen molar-refractivity contribution >= 4 is 40.1 Å². The molecule has 0 N–H and O–H groups in total. The lowest BCUT2D eigenvalue weighted by Crippen LogP contribution is -2.05. The number of unbranched alkanes of at least 4 members (excludes halogenated alkanes) is 6. The predicted octanol–water partition coefficient (Wildman–Crippen LogP) is 7.89. The zero-order valence-electron chi connectivity index (χ0n) is 18.0. The van der Waals surface area contributed by atoms with Crippen LogP contribution in [-0.2, 0) is 4.79 Å². The highest BCUT2D eigenvalue weighted by molar-refractivity contribution is 8.13. The molecule has 0 aliphatic heterocycles. The maximum atomic E-state index is 11.8. The van der Waals surface area contributed by atoms with Crippen LogP contribution in [0.25, 0.3) is 11.0 Å². The van der Waals surface area contributed by atoms with Gasteiger partial charge >= 0.3 is 0 Å². The van der Waals surface area contributed by atoms with E-state index in [4.69, 9.17) is 21.4 Å². The van der Waals surface area contributed by atoms with E-state index in [1.54, 1.807) is 6.07 Å². The summed E-state index contributed by atoms with van der Waals surface area (Å²) in [5.74, 6) is 2.00. The van der Waals surface area contributed by atoms with Gasteiger partial charge in [0.05, 0.1) is 12.0 Å². The van der Waals surface area contributed by atoms with Gasteiger partial charge in [0.2, 0.25) is 0 Å². The van der Waals surface area contributed by atoms with Crippen LogP contribution in [0.15, 0.2) is 28.7 Å². The maximum Gasteiger partial charge on any atom is 0.194 e. The first-order chi connectivity index (χ1) is 14.0. The molecule has 0 aliphatic rings. The fraction of sp³-hybridized carbons (Fsp3) is 0.583. The number of rotatable bonds is 13. The van der Waals surface area contributed by atoms with Crippen LogP contribution in [0.2, 0.25) is 0 Å². The van der Waals surface area contributed by atoms with Crippen molar-refractivity contribution < 1.29 is 13.9 Å². The molecule has 160 valence electrons. The zero-order chi connectivity index (χ0) is 21.1. The second-order valence-corrected chi connectivity index (χ2v) is 9.23. The first-order valence-corrected chi connectivity index (χ1v) is 12.2. The van der Waals surface area contributed by atoms with Crippen molar-refractivity contribution in [3.05, 3.63) is 34.5 Å². The third-order valence-corrected chi connectivity index (χ3v) is 6.55. The Bertz CT molecular complexity index is 828. The normalized spacial score (nSPS) is 12.2. The molecule has 1 heterocycles. The first-order valence-electron chi connectivity index (χ1n) is 10.8. The highest BCUT2D eigenvalue weighted by Gasteiger charge is 2.10. The second-order valence-electron chi connectivity index (χ2n) is 7.73. The number of hydrogen-bond donors (Lipinski definition) is 0. The minimum Gasteiger partial charge on any atom is -0.493 e. The molecule has 2 rings (SSSR count). The van der Waals surface area contributed by atoms with Crippen molar-refractivity contribution in [3.8, 4) is 5.75 Å². The number of ether oxygens (including phenoxy) is 1.